The van der Waals surface area contributed by atoms with Crippen LogP contribution in [0.3, 0.4) is 0 Å². The monoisotopic (exact) mass is 348 g/mol. The van der Waals surface area contributed by atoms with Crippen molar-refractivity contribution in [2.24, 2.45) is 41.4 Å². The van der Waals surface area contributed by atoms with Crippen molar-refractivity contribution in [3.63, 3.8) is 0 Å². The van der Waals surface area contributed by atoms with Gasteiger partial charge in [-0.3, -0.25) is 14.4 Å². The van der Waals surface area contributed by atoms with Crippen molar-refractivity contribution in [3.05, 3.63) is 0 Å². The Morgan fingerprint density at radius 2 is 1.68 bits per heavy atom. The van der Waals surface area contributed by atoms with Gasteiger partial charge in [-0.15, -0.1) is 0 Å². The zero-order valence-electron chi connectivity index (χ0n) is 15.3. The highest BCUT2D eigenvalue weighted by atomic mass is 16.6. The van der Waals surface area contributed by atoms with Gasteiger partial charge in [0.15, 0.2) is 0 Å². The predicted molar refractivity (Wildman–Crippen MR) is 89.1 cm³/mol. The molecule has 0 N–H and O–H groups in total. The van der Waals surface area contributed by atoms with Gasteiger partial charge in [-0.2, -0.15) is 0 Å². The fourth-order valence-corrected chi connectivity index (χ4v) is 6.02. The van der Waals surface area contributed by atoms with Crippen molar-refractivity contribution in [1.29, 1.82) is 0 Å². The molecule has 138 valence electrons. The van der Waals surface area contributed by atoms with Gasteiger partial charge in [0.1, 0.15) is 5.60 Å². The van der Waals surface area contributed by atoms with Gasteiger partial charge in [0.05, 0.1) is 17.8 Å². The van der Waals surface area contributed by atoms with E-state index in [-0.39, 0.29) is 11.6 Å². The summed E-state index contributed by atoms with van der Waals surface area (Å²) in [6.07, 6.45) is 6.43. The normalized spacial score (nSPS) is 46.2. The van der Waals surface area contributed by atoms with E-state index >= 15 is 0 Å². The van der Waals surface area contributed by atoms with E-state index in [2.05, 4.69) is 11.7 Å². The first-order chi connectivity index (χ1) is 11.8. The van der Waals surface area contributed by atoms with Crippen LogP contribution in [0.15, 0.2) is 0 Å². The van der Waals surface area contributed by atoms with Crippen molar-refractivity contribution >= 4 is 17.9 Å². The maximum Gasteiger partial charge on any atom is 0.317 e. The quantitative estimate of drug-likeness (QED) is 0.577. The van der Waals surface area contributed by atoms with E-state index in [1.807, 2.05) is 0 Å². The average Bonchev–Trinajstić information content (AvgIpc) is 2.78. The molecule has 5 nitrogen and oxygen atoms in total. The Kier molecular flexibility index (Phi) is 3.97. The maximum absolute atomic E-state index is 12.8. The molecule has 5 heteroatoms. The molecule has 0 aromatic rings. The summed E-state index contributed by atoms with van der Waals surface area (Å²) in [5.41, 5.74) is -0.351. The van der Waals surface area contributed by atoms with Crippen molar-refractivity contribution in [2.75, 3.05) is 0 Å². The second-order valence-corrected chi connectivity index (χ2v) is 9.18. The van der Waals surface area contributed by atoms with Crippen LogP contribution >= 0.6 is 0 Å². The molecule has 4 saturated carbocycles. The molecule has 0 amide bonds. The Morgan fingerprint density at radius 1 is 1.12 bits per heavy atom. The molecule has 5 aliphatic rings. The molecule has 0 aromatic heterocycles. The molecule has 0 spiro atoms. The van der Waals surface area contributed by atoms with Gasteiger partial charge in [-0.05, 0) is 69.1 Å². The Bertz CT molecular complexity index is 581. The van der Waals surface area contributed by atoms with Crippen LogP contribution in [0.2, 0.25) is 0 Å². The minimum Gasteiger partial charge on any atom is -0.459 e. The zero-order valence-corrected chi connectivity index (χ0v) is 15.3. The van der Waals surface area contributed by atoms with Crippen molar-refractivity contribution < 1.29 is 23.9 Å². The van der Waals surface area contributed by atoms with Gasteiger partial charge >= 0.3 is 17.9 Å². The first kappa shape index (κ1) is 17.0. The average molecular weight is 348 g/mol. The highest BCUT2D eigenvalue weighted by Crippen LogP contribution is 2.59. The number of esters is 3. The van der Waals surface area contributed by atoms with E-state index in [9.17, 15) is 14.4 Å². The van der Waals surface area contributed by atoms with E-state index in [0.29, 0.717) is 18.3 Å². The van der Waals surface area contributed by atoms with Crippen LogP contribution in [0.5, 0.6) is 0 Å². The Labute approximate surface area is 148 Å². The summed E-state index contributed by atoms with van der Waals surface area (Å²) >= 11 is 0. The SMILES string of the molecule is CC(CC1C(=O)OC(=O)C1C)C(=O)OC1(C)C2CC3CC(C2)CC1C3. The largest absolute Gasteiger partial charge is 0.459 e. The molecule has 25 heavy (non-hydrogen) atoms. The third kappa shape index (κ3) is 2.70. The van der Waals surface area contributed by atoms with E-state index in [1.54, 1.807) is 13.8 Å². The number of hydrogen-bond donors (Lipinski definition) is 0. The van der Waals surface area contributed by atoms with Gasteiger partial charge < -0.3 is 9.47 Å². The Balaban J connectivity index is 1.41. The molecular formula is C20H28O5. The highest BCUT2D eigenvalue weighted by molar-refractivity contribution is 5.96. The van der Waals surface area contributed by atoms with Crippen LogP contribution in [0, 0.1) is 41.4 Å². The summed E-state index contributed by atoms with van der Waals surface area (Å²) in [6.45, 7) is 5.61. The van der Waals surface area contributed by atoms with Crippen LogP contribution in [-0.4, -0.2) is 23.5 Å². The Hall–Kier alpha value is -1.39. The number of hydrogen-bond acceptors (Lipinski definition) is 5. The van der Waals surface area contributed by atoms with Crippen LogP contribution in [0.25, 0.3) is 0 Å². The summed E-state index contributed by atoms with van der Waals surface area (Å²) in [5, 5.41) is 0. The molecule has 1 heterocycles. The second kappa shape index (κ2) is 5.82. The molecular weight excluding hydrogens is 320 g/mol. The molecule has 3 atom stereocenters. The lowest BCUT2D eigenvalue weighted by atomic mass is 9.50. The lowest BCUT2D eigenvalue weighted by molar-refractivity contribution is -0.207. The molecule has 1 saturated heterocycles. The molecule has 0 radical (unpaired) electrons. The molecule has 1 aliphatic heterocycles. The molecule has 0 aromatic carbocycles. The van der Waals surface area contributed by atoms with Gasteiger partial charge in [0.2, 0.25) is 0 Å². The van der Waals surface area contributed by atoms with E-state index in [4.69, 9.17) is 4.74 Å². The first-order valence-electron chi connectivity index (χ1n) is 9.76. The number of cyclic esters (lactones) is 2. The van der Waals surface area contributed by atoms with Crippen molar-refractivity contribution in [2.45, 2.75) is 64.9 Å². The minimum absolute atomic E-state index is 0.227. The summed E-state index contributed by atoms with van der Waals surface area (Å²) in [5.74, 6) is 0.00370. The topological polar surface area (TPSA) is 69.7 Å². The lowest BCUT2D eigenvalue weighted by Crippen LogP contribution is -2.58. The van der Waals surface area contributed by atoms with Crippen molar-refractivity contribution in [3.8, 4) is 0 Å². The van der Waals surface area contributed by atoms with Crippen LogP contribution < -0.4 is 0 Å². The maximum atomic E-state index is 12.8. The van der Waals surface area contributed by atoms with Gasteiger partial charge in [0, 0.05) is 0 Å². The standard InChI is InChI=1S/C20H28O5/c1-10(4-16-11(2)18(22)24-19(16)23)17(21)25-20(3)14-6-12-5-13(8-14)9-15(20)7-12/h10-16H,4-9H2,1-3H3. The summed E-state index contributed by atoms with van der Waals surface area (Å²) in [4.78, 5) is 36.1. The number of carbonyl (C=O) groups is 3. The smallest absolute Gasteiger partial charge is 0.317 e. The predicted octanol–water partition coefficient (Wildman–Crippen LogP) is 3.11. The van der Waals surface area contributed by atoms with Gasteiger partial charge in [0.25, 0.3) is 0 Å². The number of carbonyl (C=O) groups excluding carboxylic acids is 3. The molecule has 5 rings (SSSR count). The van der Waals surface area contributed by atoms with E-state index < -0.39 is 29.7 Å². The third-order valence-corrected chi connectivity index (χ3v) is 7.57. The van der Waals surface area contributed by atoms with Gasteiger partial charge in [-0.25, -0.2) is 0 Å². The van der Waals surface area contributed by atoms with Crippen LogP contribution in [-0.2, 0) is 23.9 Å². The first-order valence-corrected chi connectivity index (χ1v) is 9.76. The summed E-state index contributed by atoms with van der Waals surface area (Å²) in [7, 11) is 0. The molecule has 4 bridgehead atoms. The fraction of sp³-hybridized carbons (Fsp3) is 0.850. The van der Waals surface area contributed by atoms with E-state index in [1.165, 1.54) is 32.1 Å². The number of ether oxygens (including phenoxy) is 2. The second-order valence-electron chi connectivity index (χ2n) is 9.18. The fourth-order valence-electron chi connectivity index (χ4n) is 6.02. The molecule has 5 fully saturated rings. The van der Waals surface area contributed by atoms with Gasteiger partial charge in [-0.1, -0.05) is 13.8 Å². The third-order valence-electron chi connectivity index (χ3n) is 7.57. The minimum atomic E-state index is -0.527. The molecule has 4 aliphatic carbocycles. The van der Waals surface area contributed by atoms with E-state index in [0.717, 1.165) is 11.8 Å². The van der Waals surface area contributed by atoms with Crippen LogP contribution in [0.4, 0.5) is 0 Å². The number of rotatable bonds is 4. The lowest BCUT2D eigenvalue weighted by Gasteiger charge is -2.59. The van der Waals surface area contributed by atoms with Crippen LogP contribution in [0.1, 0.15) is 59.3 Å². The zero-order chi connectivity index (χ0) is 17.9. The summed E-state index contributed by atoms with van der Waals surface area (Å²) in [6, 6.07) is 0. The molecule has 3 unspecified atom stereocenters. The Morgan fingerprint density at radius 3 is 2.16 bits per heavy atom. The summed E-state index contributed by atoms with van der Waals surface area (Å²) < 4.78 is 10.8. The van der Waals surface area contributed by atoms with Crippen molar-refractivity contribution in [1.82, 2.24) is 0 Å². The highest BCUT2D eigenvalue weighted by Gasteiger charge is 2.57.